The van der Waals surface area contributed by atoms with Crippen molar-refractivity contribution < 1.29 is 14.7 Å². The van der Waals surface area contributed by atoms with Crippen molar-refractivity contribution >= 4 is 11.8 Å². The Morgan fingerprint density at radius 2 is 2.00 bits per heavy atom. The number of rotatable bonds is 2. The van der Waals surface area contributed by atoms with E-state index in [2.05, 4.69) is 13.5 Å². The highest BCUT2D eigenvalue weighted by atomic mass is 16.4. The van der Waals surface area contributed by atoms with E-state index < -0.39 is 5.97 Å². The molecule has 0 aromatic carbocycles. The van der Waals surface area contributed by atoms with E-state index in [-0.39, 0.29) is 11.7 Å². The first-order valence-corrected chi connectivity index (χ1v) is 6.56. The van der Waals surface area contributed by atoms with Crippen LogP contribution in [0.5, 0.6) is 0 Å². The van der Waals surface area contributed by atoms with Crippen molar-refractivity contribution in [1.29, 1.82) is 0 Å². The molecular weight excluding hydrogens is 228 g/mol. The van der Waals surface area contributed by atoms with Crippen molar-refractivity contribution in [3.63, 3.8) is 0 Å². The molecule has 0 aromatic heterocycles. The van der Waals surface area contributed by atoms with Crippen LogP contribution < -0.4 is 0 Å². The highest BCUT2D eigenvalue weighted by molar-refractivity contribution is 5.98. The van der Waals surface area contributed by atoms with E-state index >= 15 is 0 Å². The molecule has 1 N–H and O–H groups in total. The average molecular weight is 248 g/mol. The minimum absolute atomic E-state index is 0.00852. The second-order valence-electron chi connectivity index (χ2n) is 5.67. The predicted molar refractivity (Wildman–Crippen MR) is 69.1 cm³/mol. The standard InChI is InChI=1S/C15H20O3/c1-8-4-5-11(9(2)15(17)18)6-13-10(3)14(16)7-12(8)13/h8,11-12H,2,4-7H2,1,3H3,(H,17,18)/t8-,11+,12-/m0/s1. The molecule has 3 nitrogen and oxygen atoms in total. The van der Waals surface area contributed by atoms with Crippen LogP contribution >= 0.6 is 0 Å². The number of carboxylic acid groups (broad SMARTS) is 1. The van der Waals surface area contributed by atoms with Gasteiger partial charge in [-0.3, -0.25) is 4.79 Å². The number of carboxylic acids is 1. The minimum Gasteiger partial charge on any atom is -0.478 e. The molecule has 1 saturated carbocycles. The molecule has 0 unspecified atom stereocenters. The second kappa shape index (κ2) is 4.71. The summed E-state index contributed by atoms with van der Waals surface area (Å²) in [6.45, 7) is 7.75. The molecule has 18 heavy (non-hydrogen) atoms. The summed E-state index contributed by atoms with van der Waals surface area (Å²) in [6.07, 6.45) is 3.17. The number of hydrogen-bond acceptors (Lipinski definition) is 2. The van der Waals surface area contributed by atoms with Crippen LogP contribution in [-0.4, -0.2) is 16.9 Å². The van der Waals surface area contributed by atoms with E-state index in [1.165, 1.54) is 5.57 Å². The van der Waals surface area contributed by atoms with Crippen LogP contribution in [0.25, 0.3) is 0 Å². The molecule has 0 bridgehead atoms. The minimum atomic E-state index is -0.909. The molecule has 1 fully saturated rings. The summed E-state index contributed by atoms with van der Waals surface area (Å²) in [5.41, 5.74) is 2.36. The average Bonchev–Trinajstić information content (AvgIpc) is 2.50. The van der Waals surface area contributed by atoms with Gasteiger partial charge in [-0.15, -0.1) is 0 Å². The number of aliphatic carboxylic acids is 1. The largest absolute Gasteiger partial charge is 0.478 e. The Bertz CT molecular complexity index is 445. The summed E-state index contributed by atoms with van der Waals surface area (Å²) in [5, 5.41) is 9.07. The van der Waals surface area contributed by atoms with Crippen molar-refractivity contribution in [2.24, 2.45) is 17.8 Å². The van der Waals surface area contributed by atoms with E-state index in [0.29, 0.717) is 30.3 Å². The summed E-state index contributed by atoms with van der Waals surface area (Å²) in [4.78, 5) is 22.9. The van der Waals surface area contributed by atoms with Crippen LogP contribution in [0.4, 0.5) is 0 Å². The Balaban J connectivity index is 2.29. The van der Waals surface area contributed by atoms with Crippen LogP contribution in [0.2, 0.25) is 0 Å². The van der Waals surface area contributed by atoms with Crippen molar-refractivity contribution in [1.82, 2.24) is 0 Å². The third-order valence-electron chi connectivity index (χ3n) is 4.64. The third kappa shape index (κ3) is 2.14. The van der Waals surface area contributed by atoms with Crippen LogP contribution in [0.15, 0.2) is 23.3 Å². The molecule has 0 saturated heterocycles. The zero-order chi connectivity index (χ0) is 13.4. The lowest BCUT2D eigenvalue weighted by molar-refractivity contribution is -0.133. The molecule has 3 heteroatoms. The van der Waals surface area contributed by atoms with Gasteiger partial charge in [0.25, 0.3) is 0 Å². The molecule has 0 spiro atoms. The summed E-state index contributed by atoms with van der Waals surface area (Å²) >= 11 is 0. The normalized spacial score (nSPS) is 32.1. The molecular formula is C15H20O3. The fourth-order valence-corrected chi connectivity index (χ4v) is 3.29. The van der Waals surface area contributed by atoms with E-state index in [1.54, 1.807) is 0 Å². The smallest absolute Gasteiger partial charge is 0.331 e. The number of carbonyl (C=O) groups excluding carboxylic acids is 1. The summed E-state index contributed by atoms with van der Waals surface area (Å²) in [5.74, 6) is 0.125. The highest BCUT2D eigenvalue weighted by Crippen LogP contribution is 2.45. The van der Waals surface area contributed by atoms with Gasteiger partial charge in [-0.2, -0.15) is 0 Å². The first-order valence-electron chi connectivity index (χ1n) is 6.56. The van der Waals surface area contributed by atoms with Gasteiger partial charge in [0.05, 0.1) is 0 Å². The SMILES string of the molecule is C=C(C(=O)O)[C@@H]1CC[C@H](C)[C@@H]2CC(=O)C(C)=C2C1. The fraction of sp³-hybridized carbons (Fsp3) is 0.600. The van der Waals surface area contributed by atoms with E-state index in [1.807, 2.05) is 6.92 Å². The van der Waals surface area contributed by atoms with Crippen LogP contribution in [-0.2, 0) is 9.59 Å². The van der Waals surface area contributed by atoms with E-state index in [9.17, 15) is 9.59 Å². The number of allylic oxidation sites excluding steroid dienone is 2. The first kappa shape index (κ1) is 13.1. The Hall–Kier alpha value is -1.38. The molecule has 0 aromatic rings. The fourth-order valence-electron chi connectivity index (χ4n) is 3.29. The zero-order valence-corrected chi connectivity index (χ0v) is 11.0. The monoisotopic (exact) mass is 248 g/mol. The summed E-state index contributed by atoms with van der Waals surface area (Å²) in [6, 6.07) is 0. The topological polar surface area (TPSA) is 54.4 Å². The van der Waals surface area contributed by atoms with Crippen molar-refractivity contribution in [2.75, 3.05) is 0 Å². The van der Waals surface area contributed by atoms with Gasteiger partial charge in [-0.05, 0) is 49.5 Å². The molecule has 0 aliphatic heterocycles. The Morgan fingerprint density at radius 1 is 1.33 bits per heavy atom. The lowest BCUT2D eigenvalue weighted by Gasteiger charge is -2.18. The van der Waals surface area contributed by atoms with Gasteiger partial charge in [0.1, 0.15) is 0 Å². The molecule has 0 radical (unpaired) electrons. The van der Waals surface area contributed by atoms with E-state index in [4.69, 9.17) is 5.11 Å². The number of fused-ring (bicyclic) bond motifs is 1. The van der Waals surface area contributed by atoms with Gasteiger partial charge in [0.2, 0.25) is 0 Å². The Labute approximate surface area is 108 Å². The molecule has 2 aliphatic rings. The van der Waals surface area contributed by atoms with Gasteiger partial charge < -0.3 is 5.11 Å². The van der Waals surface area contributed by atoms with Crippen LogP contribution in [0.1, 0.15) is 39.5 Å². The maximum absolute atomic E-state index is 11.8. The lowest BCUT2D eigenvalue weighted by Crippen LogP contribution is -2.12. The van der Waals surface area contributed by atoms with Crippen molar-refractivity contribution in [2.45, 2.75) is 39.5 Å². The number of ketones is 1. The maximum Gasteiger partial charge on any atom is 0.331 e. The maximum atomic E-state index is 11.8. The van der Waals surface area contributed by atoms with Gasteiger partial charge in [0, 0.05) is 12.0 Å². The molecule has 2 aliphatic carbocycles. The van der Waals surface area contributed by atoms with Crippen LogP contribution in [0, 0.1) is 17.8 Å². The predicted octanol–water partition coefficient (Wildman–Crippen LogP) is 2.97. The second-order valence-corrected chi connectivity index (χ2v) is 5.67. The number of Topliss-reactive ketones (excluding diaryl/α,β-unsaturated/α-hetero) is 1. The van der Waals surface area contributed by atoms with E-state index in [0.717, 1.165) is 18.4 Å². The van der Waals surface area contributed by atoms with Gasteiger partial charge in [0.15, 0.2) is 5.78 Å². The van der Waals surface area contributed by atoms with Gasteiger partial charge in [-0.1, -0.05) is 19.1 Å². The number of hydrogen-bond donors (Lipinski definition) is 1. The van der Waals surface area contributed by atoms with Gasteiger partial charge >= 0.3 is 5.97 Å². The van der Waals surface area contributed by atoms with Crippen molar-refractivity contribution in [3.05, 3.63) is 23.3 Å². The quantitative estimate of drug-likeness (QED) is 0.764. The molecule has 2 rings (SSSR count). The number of carbonyl (C=O) groups is 2. The lowest BCUT2D eigenvalue weighted by atomic mass is 9.86. The first-order chi connectivity index (χ1) is 8.41. The highest BCUT2D eigenvalue weighted by Gasteiger charge is 2.37. The third-order valence-corrected chi connectivity index (χ3v) is 4.64. The summed E-state index contributed by atoms with van der Waals surface area (Å²) in [7, 11) is 0. The Morgan fingerprint density at radius 3 is 2.61 bits per heavy atom. The van der Waals surface area contributed by atoms with Crippen molar-refractivity contribution in [3.8, 4) is 0 Å². The molecule has 0 heterocycles. The summed E-state index contributed by atoms with van der Waals surface area (Å²) < 4.78 is 0. The zero-order valence-electron chi connectivity index (χ0n) is 11.0. The molecule has 0 amide bonds. The molecule has 98 valence electrons. The Kier molecular flexibility index (Phi) is 3.42. The van der Waals surface area contributed by atoms with Crippen LogP contribution in [0.3, 0.4) is 0 Å². The molecule has 3 atom stereocenters. The van der Waals surface area contributed by atoms with Gasteiger partial charge in [-0.25, -0.2) is 4.79 Å².